The minimum absolute atomic E-state index is 0.256. The van der Waals surface area contributed by atoms with Crippen molar-refractivity contribution in [2.75, 3.05) is 45.2 Å². The van der Waals surface area contributed by atoms with Gasteiger partial charge in [-0.2, -0.15) is 0 Å². The topological polar surface area (TPSA) is 68.0 Å². The van der Waals surface area contributed by atoms with Gasteiger partial charge in [0.2, 0.25) is 0 Å². The van der Waals surface area contributed by atoms with Gasteiger partial charge in [-0.05, 0) is 12.1 Å². The smallest absolute Gasteiger partial charge is 0.142 e. The maximum Gasteiger partial charge on any atom is 0.142 e. The van der Waals surface area contributed by atoms with Crippen LogP contribution in [-0.2, 0) is 4.74 Å². The molecule has 0 aromatic heterocycles. The Hall–Kier alpha value is -1.30. The quantitative estimate of drug-likeness (QED) is 0.740. The van der Waals surface area contributed by atoms with Gasteiger partial charge in [0.25, 0.3) is 0 Å². The first kappa shape index (κ1) is 13.1. The van der Waals surface area contributed by atoms with Crippen molar-refractivity contribution >= 4 is 5.69 Å². The number of β-amino-alcohol motifs (C(OH)–C–C–N with tert-alkyl or cyclic N) is 1. The molecule has 1 aliphatic heterocycles. The molecule has 1 unspecified atom stereocenters. The Morgan fingerprint density at radius 2 is 2.06 bits per heavy atom. The van der Waals surface area contributed by atoms with E-state index < -0.39 is 6.10 Å². The number of ether oxygens (including phenoxy) is 2. The Bertz CT molecular complexity index is 367. The second-order valence-corrected chi connectivity index (χ2v) is 4.42. The van der Waals surface area contributed by atoms with Crippen molar-refractivity contribution in [3.8, 4) is 5.75 Å². The van der Waals surface area contributed by atoms with Crippen molar-refractivity contribution in [3.05, 3.63) is 24.3 Å². The summed E-state index contributed by atoms with van der Waals surface area (Å²) in [7, 11) is 0. The van der Waals surface area contributed by atoms with Gasteiger partial charge in [0.1, 0.15) is 18.5 Å². The van der Waals surface area contributed by atoms with Crippen LogP contribution in [0.1, 0.15) is 0 Å². The molecule has 0 aliphatic carbocycles. The number of hydrogen-bond acceptors (Lipinski definition) is 5. The molecule has 1 heterocycles. The van der Waals surface area contributed by atoms with Gasteiger partial charge in [-0.25, -0.2) is 0 Å². The Morgan fingerprint density at radius 1 is 1.33 bits per heavy atom. The highest BCUT2D eigenvalue weighted by molar-refractivity contribution is 5.51. The summed E-state index contributed by atoms with van der Waals surface area (Å²) in [4.78, 5) is 2.17. The second kappa shape index (κ2) is 6.58. The number of morpholine rings is 1. The van der Waals surface area contributed by atoms with Crippen molar-refractivity contribution in [1.82, 2.24) is 4.90 Å². The highest BCUT2D eigenvalue weighted by Crippen LogP contribution is 2.19. The average Bonchev–Trinajstić information content (AvgIpc) is 2.39. The van der Waals surface area contributed by atoms with Gasteiger partial charge in [0.05, 0.1) is 18.9 Å². The summed E-state index contributed by atoms with van der Waals surface area (Å²) in [6.45, 7) is 4.06. The van der Waals surface area contributed by atoms with Crippen LogP contribution in [0.2, 0.25) is 0 Å². The first-order valence-electron chi connectivity index (χ1n) is 6.21. The van der Waals surface area contributed by atoms with Crippen LogP contribution in [0.3, 0.4) is 0 Å². The van der Waals surface area contributed by atoms with Gasteiger partial charge >= 0.3 is 0 Å². The van der Waals surface area contributed by atoms with Crippen molar-refractivity contribution in [1.29, 1.82) is 0 Å². The first-order chi connectivity index (χ1) is 8.75. The number of para-hydroxylation sites is 2. The monoisotopic (exact) mass is 252 g/mol. The summed E-state index contributed by atoms with van der Waals surface area (Å²) in [5.41, 5.74) is 6.35. The zero-order valence-corrected chi connectivity index (χ0v) is 10.4. The number of benzene rings is 1. The molecule has 0 radical (unpaired) electrons. The first-order valence-corrected chi connectivity index (χ1v) is 6.21. The van der Waals surface area contributed by atoms with E-state index in [0.29, 0.717) is 18.0 Å². The van der Waals surface area contributed by atoms with E-state index in [1.165, 1.54) is 0 Å². The largest absolute Gasteiger partial charge is 0.489 e. The van der Waals surface area contributed by atoms with Crippen molar-refractivity contribution in [2.45, 2.75) is 6.10 Å². The fraction of sp³-hybridized carbons (Fsp3) is 0.538. The molecule has 2 rings (SSSR count). The lowest BCUT2D eigenvalue weighted by molar-refractivity contribution is 0.00473. The number of nitrogens with zero attached hydrogens (tertiary/aromatic N) is 1. The van der Waals surface area contributed by atoms with Crippen molar-refractivity contribution in [3.63, 3.8) is 0 Å². The van der Waals surface area contributed by atoms with E-state index in [2.05, 4.69) is 4.90 Å². The lowest BCUT2D eigenvalue weighted by Crippen LogP contribution is -2.42. The van der Waals surface area contributed by atoms with Gasteiger partial charge in [0.15, 0.2) is 0 Å². The molecule has 5 nitrogen and oxygen atoms in total. The van der Waals surface area contributed by atoms with E-state index in [4.69, 9.17) is 15.2 Å². The summed E-state index contributed by atoms with van der Waals surface area (Å²) >= 11 is 0. The molecule has 0 spiro atoms. The van der Waals surface area contributed by atoms with Crippen LogP contribution < -0.4 is 10.5 Å². The molecule has 0 saturated carbocycles. The molecule has 1 atom stereocenters. The number of rotatable bonds is 5. The third kappa shape index (κ3) is 3.87. The molecule has 1 fully saturated rings. The highest BCUT2D eigenvalue weighted by atomic mass is 16.5. The minimum atomic E-state index is -0.511. The maximum absolute atomic E-state index is 9.91. The average molecular weight is 252 g/mol. The Kier molecular flexibility index (Phi) is 4.81. The second-order valence-electron chi connectivity index (χ2n) is 4.42. The van der Waals surface area contributed by atoms with Gasteiger partial charge in [-0.3, -0.25) is 4.90 Å². The molecule has 18 heavy (non-hydrogen) atoms. The molecule has 0 amide bonds. The van der Waals surface area contributed by atoms with E-state index in [-0.39, 0.29) is 6.61 Å². The fourth-order valence-corrected chi connectivity index (χ4v) is 1.93. The summed E-state index contributed by atoms with van der Waals surface area (Å²) < 4.78 is 10.8. The summed E-state index contributed by atoms with van der Waals surface area (Å²) in [5, 5.41) is 9.91. The Morgan fingerprint density at radius 3 is 2.78 bits per heavy atom. The number of aliphatic hydroxyl groups excluding tert-OH is 1. The molecule has 1 aromatic rings. The lowest BCUT2D eigenvalue weighted by Gasteiger charge is -2.28. The molecule has 3 N–H and O–H groups in total. The van der Waals surface area contributed by atoms with E-state index in [0.717, 1.165) is 26.3 Å². The SMILES string of the molecule is Nc1ccccc1OCC(O)CN1CCOCC1. The minimum Gasteiger partial charge on any atom is -0.489 e. The number of nitrogens with two attached hydrogens (primary N) is 1. The number of anilines is 1. The van der Waals surface area contributed by atoms with Gasteiger partial charge in [-0.15, -0.1) is 0 Å². The van der Waals surface area contributed by atoms with E-state index in [9.17, 15) is 5.11 Å². The van der Waals surface area contributed by atoms with Crippen LogP contribution in [0.4, 0.5) is 5.69 Å². The van der Waals surface area contributed by atoms with Crippen molar-refractivity contribution < 1.29 is 14.6 Å². The Balaban J connectivity index is 1.74. The van der Waals surface area contributed by atoms with E-state index >= 15 is 0 Å². The molecule has 1 aromatic carbocycles. The van der Waals surface area contributed by atoms with Gasteiger partial charge in [-0.1, -0.05) is 12.1 Å². The van der Waals surface area contributed by atoms with Gasteiger partial charge < -0.3 is 20.3 Å². The number of aliphatic hydroxyl groups is 1. The van der Waals surface area contributed by atoms with Crippen LogP contribution in [0, 0.1) is 0 Å². The van der Waals surface area contributed by atoms with E-state index in [1.54, 1.807) is 12.1 Å². The summed E-state index contributed by atoms with van der Waals surface area (Å²) in [5.74, 6) is 0.624. The molecule has 5 heteroatoms. The lowest BCUT2D eigenvalue weighted by atomic mass is 10.3. The van der Waals surface area contributed by atoms with Crippen LogP contribution in [0.5, 0.6) is 5.75 Å². The maximum atomic E-state index is 9.91. The molecular formula is C13H20N2O3. The normalized spacial score (nSPS) is 18.5. The zero-order valence-electron chi connectivity index (χ0n) is 10.4. The molecular weight excluding hydrogens is 232 g/mol. The third-order valence-electron chi connectivity index (χ3n) is 2.92. The molecule has 1 saturated heterocycles. The fourth-order valence-electron chi connectivity index (χ4n) is 1.93. The molecule has 100 valence electrons. The summed E-state index contributed by atoms with van der Waals surface area (Å²) in [6, 6.07) is 7.30. The zero-order chi connectivity index (χ0) is 12.8. The highest BCUT2D eigenvalue weighted by Gasteiger charge is 2.15. The number of hydrogen-bond donors (Lipinski definition) is 2. The predicted molar refractivity (Wildman–Crippen MR) is 69.6 cm³/mol. The summed E-state index contributed by atoms with van der Waals surface area (Å²) in [6.07, 6.45) is -0.511. The van der Waals surface area contributed by atoms with Crippen LogP contribution in [0.25, 0.3) is 0 Å². The molecule has 1 aliphatic rings. The molecule has 0 bridgehead atoms. The van der Waals surface area contributed by atoms with E-state index in [1.807, 2.05) is 12.1 Å². The van der Waals surface area contributed by atoms with Crippen LogP contribution in [-0.4, -0.2) is 55.6 Å². The number of nitrogen functional groups attached to an aromatic ring is 1. The standard InChI is InChI=1S/C13H20N2O3/c14-12-3-1-2-4-13(12)18-10-11(16)9-15-5-7-17-8-6-15/h1-4,11,16H,5-10,14H2. The predicted octanol–water partition coefficient (Wildman–Crippen LogP) is 0.341. The van der Waals surface area contributed by atoms with Crippen LogP contribution >= 0.6 is 0 Å². The Labute approximate surface area is 107 Å². The van der Waals surface area contributed by atoms with Crippen molar-refractivity contribution in [2.24, 2.45) is 0 Å². The third-order valence-corrected chi connectivity index (χ3v) is 2.92. The van der Waals surface area contributed by atoms with Gasteiger partial charge in [0, 0.05) is 19.6 Å². The van der Waals surface area contributed by atoms with Crippen LogP contribution in [0.15, 0.2) is 24.3 Å².